The predicted octanol–water partition coefficient (Wildman–Crippen LogP) is 3.42. The van der Waals surface area contributed by atoms with Crippen LogP contribution in [0.3, 0.4) is 0 Å². The zero-order chi connectivity index (χ0) is 16.2. The van der Waals surface area contributed by atoms with E-state index in [0.717, 1.165) is 29.6 Å². The summed E-state index contributed by atoms with van der Waals surface area (Å²) < 4.78 is 0. The monoisotopic (exact) mass is 376 g/mol. The molecule has 0 saturated carbocycles. The number of hydrazone groups is 1. The van der Waals surface area contributed by atoms with Gasteiger partial charge in [-0.1, -0.05) is 18.9 Å². The van der Waals surface area contributed by atoms with Gasteiger partial charge in [0.05, 0.1) is 11.4 Å². The van der Waals surface area contributed by atoms with E-state index in [1.54, 1.807) is 6.20 Å². The first-order valence-electron chi connectivity index (χ1n) is 7.18. The average molecular weight is 377 g/mol. The van der Waals surface area contributed by atoms with Crippen LogP contribution in [0.15, 0.2) is 29.5 Å². The Bertz CT molecular complexity index is 521. The van der Waals surface area contributed by atoms with Crippen molar-refractivity contribution < 1.29 is 16.5 Å². The fourth-order valence-electron chi connectivity index (χ4n) is 2.11. The van der Waals surface area contributed by atoms with E-state index in [-0.39, 0.29) is 16.5 Å². The molecule has 0 atom stereocenters. The summed E-state index contributed by atoms with van der Waals surface area (Å²) >= 11 is 5.39. The predicted molar refractivity (Wildman–Crippen MR) is 92.3 cm³/mol. The molecule has 1 aromatic rings. The SMILES string of the molecule is CC(=NNC(=S)N1CCCCCC1)c1ccccn1.[N-]=[N+]=[N-].[Ni]. The van der Waals surface area contributed by atoms with Crippen LogP contribution in [0.1, 0.15) is 38.3 Å². The maximum atomic E-state index is 6.75. The van der Waals surface area contributed by atoms with Gasteiger partial charge in [0.2, 0.25) is 0 Å². The van der Waals surface area contributed by atoms with Gasteiger partial charge in [-0.05, 0) is 44.1 Å². The fourth-order valence-corrected chi connectivity index (χ4v) is 2.34. The number of hydrogen-bond acceptors (Lipinski definition) is 3. The van der Waals surface area contributed by atoms with Gasteiger partial charge in [0.15, 0.2) is 5.11 Å². The Balaban J connectivity index is 0.00000112. The van der Waals surface area contributed by atoms with E-state index in [1.807, 2.05) is 25.1 Å². The molecule has 1 aromatic heterocycles. The van der Waals surface area contributed by atoms with Gasteiger partial charge in [0.25, 0.3) is 0 Å². The Morgan fingerprint density at radius 2 is 1.87 bits per heavy atom. The van der Waals surface area contributed by atoms with Gasteiger partial charge in [-0.2, -0.15) is 5.10 Å². The molecule has 1 N–H and O–H groups in total. The van der Waals surface area contributed by atoms with Gasteiger partial charge in [0, 0.05) is 35.8 Å². The third-order valence-corrected chi connectivity index (χ3v) is 3.60. The summed E-state index contributed by atoms with van der Waals surface area (Å²) in [6.45, 7) is 3.99. The van der Waals surface area contributed by atoms with Crippen molar-refractivity contribution in [2.75, 3.05) is 13.1 Å². The molecule has 0 bridgehead atoms. The van der Waals surface area contributed by atoms with Crippen molar-refractivity contribution in [3.05, 3.63) is 46.1 Å². The summed E-state index contributed by atoms with van der Waals surface area (Å²) in [5.74, 6) is 0. The van der Waals surface area contributed by atoms with Crippen molar-refractivity contribution in [2.24, 2.45) is 5.10 Å². The summed E-state index contributed by atoms with van der Waals surface area (Å²) in [7, 11) is 0. The Hall–Kier alpha value is -1.69. The van der Waals surface area contributed by atoms with E-state index in [4.69, 9.17) is 23.3 Å². The number of thiocarbonyl (C=S) groups is 1. The van der Waals surface area contributed by atoms with E-state index in [0.29, 0.717) is 0 Å². The molecule has 128 valence electrons. The molecule has 0 spiro atoms. The summed E-state index contributed by atoms with van der Waals surface area (Å²) in [6.07, 6.45) is 6.79. The minimum Gasteiger partial charge on any atom is -0.373 e. The number of hydrogen-bond donors (Lipinski definition) is 1. The molecule has 2 rings (SSSR count). The molecule has 7 nitrogen and oxygen atoms in total. The van der Waals surface area contributed by atoms with Crippen LogP contribution in [0, 0.1) is 0 Å². The van der Waals surface area contributed by atoms with Crippen LogP contribution in [0.5, 0.6) is 0 Å². The van der Waals surface area contributed by atoms with Crippen LogP contribution in [0.2, 0.25) is 0 Å². The molecule has 0 amide bonds. The molecular weight excluding hydrogens is 357 g/mol. The maximum absolute atomic E-state index is 6.75. The van der Waals surface area contributed by atoms with Crippen LogP contribution in [0.4, 0.5) is 0 Å². The van der Waals surface area contributed by atoms with Crippen LogP contribution in [-0.4, -0.2) is 33.8 Å². The molecule has 9 heteroatoms. The largest absolute Gasteiger partial charge is 0.373 e. The van der Waals surface area contributed by atoms with Crippen molar-refractivity contribution in [3.8, 4) is 0 Å². The summed E-state index contributed by atoms with van der Waals surface area (Å²) in [4.78, 5) is 7.96. The third kappa shape index (κ3) is 8.50. The van der Waals surface area contributed by atoms with Crippen LogP contribution in [-0.2, 0) is 16.5 Å². The second kappa shape index (κ2) is 12.8. The smallest absolute Gasteiger partial charge is 0.189 e. The standard InChI is InChI=1S/C14H20N4S.N3.Ni/c1-12(13-8-4-5-9-15-13)16-17-14(19)18-10-6-2-3-7-11-18;1-3-2;/h4-5,8-9H,2-3,6-7,10-11H2,1H3,(H,17,19);;/q;-1;. The van der Waals surface area contributed by atoms with Crippen molar-refractivity contribution in [3.63, 3.8) is 0 Å². The summed E-state index contributed by atoms with van der Waals surface area (Å²) in [6, 6.07) is 5.79. The Morgan fingerprint density at radius 1 is 1.26 bits per heavy atom. The molecule has 0 radical (unpaired) electrons. The maximum Gasteiger partial charge on any atom is 0.189 e. The van der Waals surface area contributed by atoms with Gasteiger partial charge >= 0.3 is 0 Å². The summed E-state index contributed by atoms with van der Waals surface area (Å²) in [5, 5.41) is 5.04. The number of nitrogens with one attached hydrogen (secondary N) is 1. The van der Waals surface area contributed by atoms with Crippen molar-refractivity contribution in [1.29, 1.82) is 0 Å². The van der Waals surface area contributed by atoms with Crippen LogP contribution in [0.25, 0.3) is 16.0 Å². The Morgan fingerprint density at radius 3 is 2.39 bits per heavy atom. The minimum atomic E-state index is 0. The van der Waals surface area contributed by atoms with Crippen molar-refractivity contribution in [1.82, 2.24) is 15.3 Å². The third-order valence-electron chi connectivity index (χ3n) is 3.25. The second-order valence-electron chi connectivity index (χ2n) is 4.82. The van der Waals surface area contributed by atoms with Gasteiger partial charge < -0.3 is 16.0 Å². The van der Waals surface area contributed by atoms with Crippen molar-refractivity contribution >= 4 is 23.0 Å². The molecular formula is C14H20N7NiS-. The number of pyridine rings is 1. The average Bonchev–Trinajstić information content (AvgIpc) is 2.83. The normalized spacial score (nSPS) is 14.3. The zero-order valence-electron chi connectivity index (χ0n) is 13.0. The minimum absolute atomic E-state index is 0. The first-order chi connectivity index (χ1) is 10.7. The fraction of sp³-hybridized carbons (Fsp3) is 0.500. The van der Waals surface area contributed by atoms with Crippen LogP contribution < -0.4 is 5.43 Å². The molecule has 1 aliphatic rings. The topological polar surface area (TPSA) is 99.2 Å². The Labute approximate surface area is 151 Å². The van der Waals surface area contributed by atoms with Gasteiger partial charge in [0.1, 0.15) is 0 Å². The van der Waals surface area contributed by atoms with Crippen molar-refractivity contribution in [2.45, 2.75) is 32.6 Å². The molecule has 1 fully saturated rings. The first-order valence-corrected chi connectivity index (χ1v) is 7.59. The number of aromatic nitrogens is 1. The Kier molecular flexibility index (Phi) is 11.9. The van der Waals surface area contributed by atoms with Gasteiger partial charge in [-0.3, -0.25) is 15.3 Å². The molecule has 23 heavy (non-hydrogen) atoms. The van der Waals surface area contributed by atoms with Crippen LogP contribution >= 0.6 is 12.2 Å². The zero-order valence-corrected chi connectivity index (χ0v) is 14.8. The molecule has 2 heterocycles. The molecule has 0 aromatic carbocycles. The van der Waals surface area contributed by atoms with E-state index >= 15 is 0 Å². The first kappa shape index (κ1) is 21.3. The van der Waals surface area contributed by atoms with E-state index in [2.05, 4.69) is 20.4 Å². The number of likely N-dealkylation sites (tertiary alicyclic amines) is 1. The molecule has 0 unspecified atom stereocenters. The van der Waals surface area contributed by atoms with E-state index in [1.165, 1.54) is 30.6 Å². The molecule has 1 saturated heterocycles. The molecule has 0 aliphatic carbocycles. The summed E-state index contributed by atoms with van der Waals surface area (Å²) in [5.41, 5.74) is 18.2. The van der Waals surface area contributed by atoms with E-state index in [9.17, 15) is 0 Å². The quantitative estimate of drug-likeness (QED) is 0.162. The molecule has 1 aliphatic heterocycles. The number of rotatable bonds is 2. The van der Waals surface area contributed by atoms with Gasteiger partial charge in [-0.15, -0.1) is 0 Å². The van der Waals surface area contributed by atoms with Gasteiger partial charge in [-0.25, -0.2) is 0 Å². The number of nitrogens with zero attached hydrogens (tertiary/aromatic N) is 6. The second-order valence-corrected chi connectivity index (χ2v) is 5.21. The van der Waals surface area contributed by atoms with E-state index < -0.39 is 0 Å².